The van der Waals surface area contributed by atoms with Crippen molar-refractivity contribution in [2.45, 2.75) is 64.2 Å². The van der Waals surface area contributed by atoms with Crippen molar-refractivity contribution >= 4 is 12.1 Å². The topological polar surface area (TPSA) is 93.1 Å². The molecule has 0 aromatic carbocycles. The number of carbonyl (C=O) groups is 2. The lowest BCUT2D eigenvalue weighted by Gasteiger charge is -2.02. The summed E-state index contributed by atoms with van der Waals surface area (Å²) in [6.45, 7) is 0.307. The van der Waals surface area contributed by atoms with Gasteiger partial charge >= 0.3 is 12.1 Å². The molecule has 0 unspecified atom stereocenters. The summed E-state index contributed by atoms with van der Waals surface area (Å²) < 4.78 is 0. The Bertz CT molecular complexity index is 217. The number of hydrogen-bond donors (Lipinski definition) is 2. The van der Waals surface area contributed by atoms with E-state index in [1.165, 1.54) is 6.42 Å². The fourth-order valence-corrected chi connectivity index (χ4v) is 1.77. The molecular weight excluding hydrogens is 252 g/mol. The minimum absolute atomic E-state index is 0.276. The Morgan fingerprint density at radius 3 is 1.68 bits per heavy atom. The molecule has 112 valence electrons. The summed E-state index contributed by atoms with van der Waals surface area (Å²) in [7, 11) is 0. The first-order chi connectivity index (χ1) is 9.13. The van der Waals surface area contributed by atoms with Crippen LogP contribution in [0.5, 0.6) is 0 Å². The Kier molecular flexibility index (Phi) is 12.2. The van der Waals surface area contributed by atoms with Crippen molar-refractivity contribution in [2.24, 2.45) is 0 Å². The number of hydrogen-bond acceptors (Lipinski definition) is 4. The fraction of sp³-hybridized carbons (Fsp3) is 0.846. The van der Waals surface area contributed by atoms with Gasteiger partial charge < -0.3 is 10.2 Å². The van der Waals surface area contributed by atoms with E-state index in [-0.39, 0.29) is 6.42 Å². The van der Waals surface area contributed by atoms with E-state index in [0.29, 0.717) is 6.61 Å². The number of carboxylic acid groups (broad SMARTS) is 2. The quantitative estimate of drug-likeness (QED) is 0.303. The molecule has 0 saturated carbocycles. The van der Waals surface area contributed by atoms with Gasteiger partial charge in [-0.2, -0.15) is 4.89 Å². The van der Waals surface area contributed by atoms with Gasteiger partial charge in [0.2, 0.25) is 0 Å². The average molecular weight is 276 g/mol. The molecule has 0 aliphatic carbocycles. The highest BCUT2D eigenvalue weighted by atomic mass is 17.2. The predicted molar refractivity (Wildman–Crippen MR) is 68.9 cm³/mol. The van der Waals surface area contributed by atoms with Gasteiger partial charge in [-0.25, -0.2) is 4.79 Å². The fourth-order valence-electron chi connectivity index (χ4n) is 1.77. The lowest BCUT2D eigenvalue weighted by atomic mass is 10.1. The summed E-state index contributed by atoms with van der Waals surface area (Å²) in [6.07, 6.45) is 8.10. The van der Waals surface area contributed by atoms with Gasteiger partial charge in [0, 0.05) is 6.42 Å². The summed E-state index contributed by atoms with van der Waals surface area (Å²) in [4.78, 5) is 28.6. The molecule has 6 nitrogen and oxygen atoms in total. The third kappa shape index (κ3) is 16.7. The van der Waals surface area contributed by atoms with E-state index < -0.39 is 12.1 Å². The van der Waals surface area contributed by atoms with E-state index >= 15 is 0 Å². The van der Waals surface area contributed by atoms with Crippen molar-refractivity contribution in [2.75, 3.05) is 6.61 Å². The van der Waals surface area contributed by atoms with Crippen LogP contribution in [0, 0.1) is 0 Å². The van der Waals surface area contributed by atoms with Crippen LogP contribution in [0.15, 0.2) is 0 Å². The van der Waals surface area contributed by atoms with Crippen molar-refractivity contribution in [1.82, 2.24) is 0 Å². The molecular formula is C13H24O6. The lowest BCUT2D eigenvalue weighted by molar-refractivity contribution is -0.251. The number of aliphatic carboxylic acids is 1. The summed E-state index contributed by atoms with van der Waals surface area (Å²) in [5.41, 5.74) is 0. The van der Waals surface area contributed by atoms with Gasteiger partial charge in [-0.1, -0.05) is 44.9 Å². The van der Waals surface area contributed by atoms with Gasteiger partial charge in [0.25, 0.3) is 0 Å². The Morgan fingerprint density at radius 1 is 0.737 bits per heavy atom. The second kappa shape index (κ2) is 13.1. The van der Waals surface area contributed by atoms with Crippen LogP contribution in [-0.4, -0.2) is 28.9 Å². The van der Waals surface area contributed by atoms with Crippen LogP contribution >= 0.6 is 0 Å². The lowest BCUT2D eigenvalue weighted by Crippen LogP contribution is -2.02. The first-order valence-corrected chi connectivity index (χ1v) is 6.87. The zero-order chi connectivity index (χ0) is 14.3. The zero-order valence-electron chi connectivity index (χ0n) is 11.3. The summed E-state index contributed by atoms with van der Waals surface area (Å²) in [5, 5.41) is 16.6. The van der Waals surface area contributed by atoms with E-state index in [0.717, 1.165) is 51.4 Å². The van der Waals surface area contributed by atoms with Crippen molar-refractivity contribution in [3.05, 3.63) is 0 Å². The summed E-state index contributed by atoms with van der Waals surface area (Å²) in [5.74, 6) is -0.714. The highest BCUT2D eigenvalue weighted by Gasteiger charge is 1.98. The monoisotopic (exact) mass is 276 g/mol. The summed E-state index contributed by atoms with van der Waals surface area (Å²) >= 11 is 0. The highest BCUT2D eigenvalue weighted by Crippen LogP contribution is 2.10. The van der Waals surface area contributed by atoms with Crippen molar-refractivity contribution < 1.29 is 29.6 Å². The van der Waals surface area contributed by atoms with E-state index in [4.69, 9.17) is 10.2 Å². The Labute approximate surface area is 113 Å². The standard InChI is InChI=1S/C13H24O6/c14-12(15)10-8-6-4-2-1-3-5-7-9-11-18-19-13(16)17/h1-11H2,(H,14,15)(H,16,17). The maximum Gasteiger partial charge on any atom is 0.537 e. The van der Waals surface area contributed by atoms with Crippen LogP contribution < -0.4 is 0 Å². The van der Waals surface area contributed by atoms with Gasteiger partial charge in [0.1, 0.15) is 0 Å². The summed E-state index contributed by atoms with van der Waals surface area (Å²) in [6, 6.07) is 0. The Balaban J connectivity index is 2.99. The van der Waals surface area contributed by atoms with E-state index in [1.807, 2.05) is 0 Å². The molecule has 2 N–H and O–H groups in total. The third-order valence-electron chi connectivity index (χ3n) is 2.75. The molecule has 0 radical (unpaired) electrons. The average Bonchev–Trinajstić information content (AvgIpc) is 2.34. The second-order valence-electron chi connectivity index (χ2n) is 4.50. The van der Waals surface area contributed by atoms with Gasteiger partial charge in [-0.05, 0) is 12.8 Å². The molecule has 0 amide bonds. The Morgan fingerprint density at radius 2 is 1.21 bits per heavy atom. The SMILES string of the molecule is O=C(O)CCCCCCCCCCCOOC(=O)O. The zero-order valence-corrected chi connectivity index (χ0v) is 11.3. The largest absolute Gasteiger partial charge is 0.537 e. The molecule has 0 fully saturated rings. The third-order valence-corrected chi connectivity index (χ3v) is 2.75. The predicted octanol–water partition coefficient (Wildman–Crippen LogP) is 3.60. The van der Waals surface area contributed by atoms with E-state index in [2.05, 4.69) is 9.78 Å². The minimum atomic E-state index is -1.41. The van der Waals surface area contributed by atoms with Crippen LogP contribution in [0.1, 0.15) is 64.2 Å². The number of carboxylic acids is 1. The molecule has 6 heteroatoms. The molecule has 0 heterocycles. The van der Waals surface area contributed by atoms with Gasteiger partial charge in [0.05, 0.1) is 6.61 Å². The van der Waals surface area contributed by atoms with Crippen molar-refractivity contribution in [3.8, 4) is 0 Å². The minimum Gasteiger partial charge on any atom is -0.481 e. The van der Waals surface area contributed by atoms with E-state index in [9.17, 15) is 9.59 Å². The normalized spacial score (nSPS) is 10.3. The van der Waals surface area contributed by atoms with Gasteiger partial charge in [-0.15, -0.1) is 0 Å². The van der Waals surface area contributed by atoms with Gasteiger partial charge in [-0.3, -0.25) is 9.68 Å². The molecule has 0 aromatic heterocycles. The molecule has 0 aliphatic heterocycles. The maximum atomic E-state index is 10.3. The second-order valence-corrected chi connectivity index (χ2v) is 4.50. The molecule has 0 aliphatic rings. The van der Waals surface area contributed by atoms with Crippen LogP contribution in [0.2, 0.25) is 0 Å². The van der Waals surface area contributed by atoms with E-state index in [1.54, 1.807) is 0 Å². The molecule has 0 bridgehead atoms. The first-order valence-electron chi connectivity index (χ1n) is 6.87. The maximum absolute atomic E-state index is 10.3. The van der Waals surface area contributed by atoms with Crippen LogP contribution in [0.4, 0.5) is 4.79 Å². The Hall–Kier alpha value is -1.30. The molecule has 0 saturated heterocycles. The van der Waals surface area contributed by atoms with Crippen LogP contribution in [0.25, 0.3) is 0 Å². The van der Waals surface area contributed by atoms with Crippen molar-refractivity contribution in [1.29, 1.82) is 0 Å². The molecule has 0 aromatic rings. The smallest absolute Gasteiger partial charge is 0.481 e. The van der Waals surface area contributed by atoms with Crippen LogP contribution in [-0.2, 0) is 14.6 Å². The molecule has 0 spiro atoms. The number of rotatable bonds is 13. The molecule has 19 heavy (non-hydrogen) atoms. The first kappa shape index (κ1) is 17.7. The molecule has 0 rings (SSSR count). The molecule has 0 atom stereocenters. The highest BCUT2D eigenvalue weighted by molar-refractivity contribution is 5.66. The number of unbranched alkanes of at least 4 members (excludes halogenated alkanes) is 8. The van der Waals surface area contributed by atoms with Gasteiger partial charge in [0.15, 0.2) is 0 Å². The van der Waals surface area contributed by atoms with Crippen molar-refractivity contribution in [3.63, 3.8) is 0 Å². The van der Waals surface area contributed by atoms with Crippen LogP contribution in [0.3, 0.4) is 0 Å².